The second kappa shape index (κ2) is 10.1. The van der Waals surface area contributed by atoms with Crippen LogP contribution in [0.3, 0.4) is 0 Å². The van der Waals surface area contributed by atoms with Crippen molar-refractivity contribution in [2.75, 3.05) is 7.11 Å². The molecule has 0 radical (unpaired) electrons. The first-order valence-electron chi connectivity index (χ1n) is 9.67. The summed E-state index contributed by atoms with van der Waals surface area (Å²) in [4.78, 5) is 23.1. The molecule has 10 heteroatoms. The van der Waals surface area contributed by atoms with Crippen molar-refractivity contribution in [2.24, 2.45) is 0 Å². The average Bonchev–Trinajstić information content (AvgIpc) is 3.13. The maximum absolute atomic E-state index is 12.7. The Morgan fingerprint density at radius 1 is 1.27 bits per heavy atom. The third kappa shape index (κ3) is 5.45. The molecule has 168 valence electrons. The van der Waals surface area contributed by atoms with Crippen LogP contribution in [0, 0.1) is 35.3 Å². The van der Waals surface area contributed by atoms with E-state index >= 15 is 0 Å². The molecule has 0 aliphatic carbocycles. The molecule has 0 aliphatic rings. The fraction of sp³-hybridized carbons (Fsp3) is 0.174. The smallest absolute Gasteiger partial charge is 0.289 e. The molecule has 3 aromatic rings. The summed E-state index contributed by atoms with van der Waals surface area (Å²) in [5.41, 5.74) is 2.50. The van der Waals surface area contributed by atoms with Crippen molar-refractivity contribution in [3.8, 4) is 17.6 Å². The second-order valence-corrected chi connectivity index (χ2v) is 7.91. The molecule has 0 fully saturated rings. The Morgan fingerprint density at radius 3 is 2.52 bits per heavy atom. The molecule has 0 unspecified atom stereocenters. The molecule has 0 saturated heterocycles. The summed E-state index contributed by atoms with van der Waals surface area (Å²) >= 11 is 3.44. The van der Waals surface area contributed by atoms with Crippen molar-refractivity contribution in [1.29, 1.82) is 5.26 Å². The number of hydrogen-bond acceptors (Lipinski definition) is 7. The van der Waals surface area contributed by atoms with Crippen molar-refractivity contribution in [3.05, 3.63) is 85.1 Å². The highest BCUT2D eigenvalue weighted by atomic mass is 79.9. The normalized spacial score (nSPS) is 11.1. The first kappa shape index (κ1) is 23.7. The average molecular weight is 511 g/mol. The Labute approximate surface area is 198 Å². The van der Waals surface area contributed by atoms with Crippen molar-refractivity contribution >= 4 is 33.6 Å². The van der Waals surface area contributed by atoms with E-state index < -0.39 is 10.8 Å². The molecular formula is C23H19BrN4O5. The Hall–Kier alpha value is -3.97. The van der Waals surface area contributed by atoms with E-state index in [4.69, 9.17) is 9.47 Å². The summed E-state index contributed by atoms with van der Waals surface area (Å²) in [6, 6.07) is 13.1. The van der Waals surface area contributed by atoms with Crippen molar-refractivity contribution in [3.63, 3.8) is 0 Å². The molecule has 33 heavy (non-hydrogen) atoms. The Morgan fingerprint density at radius 2 is 1.97 bits per heavy atom. The van der Waals surface area contributed by atoms with E-state index in [1.165, 1.54) is 30.0 Å². The predicted molar refractivity (Wildman–Crippen MR) is 124 cm³/mol. The van der Waals surface area contributed by atoms with Crippen LogP contribution in [-0.4, -0.2) is 27.7 Å². The van der Waals surface area contributed by atoms with Crippen LogP contribution in [0.2, 0.25) is 0 Å². The van der Waals surface area contributed by atoms with Gasteiger partial charge in [-0.05, 0) is 77.3 Å². The summed E-state index contributed by atoms with van der Waals surface area (Å²) in [7, 11) is 1.47. The van der Waals surface area contributed by atoms with Crippen LogP contribution in [0.15, 0.2) is 52.5 Å². The highest BCUT2D eigenvalue weighted by Crippen LogP contribution is 2.38. The number of ether oxygens (including phenoxy) is 2. The van der Waals surface area contributed by atoms with Gasteiger partial charge in [0, 0.05) is 17.8 Å². The maximum atomic E-state index is 12.7. The molecule has 0 saturated carbocycles. The highest BCUT2D eigenvalue weighted by molar-refractivity contribution is 9.10. The van der Waals surface area contributed by atoms with Gasteiger partial charge in [0.15, 0.2) is 11.5 Å². The van der Waals surface area contributed by atoms with Gasteiger partial charge in [-0.3, -0.25) is 14.9 Å². The summed E-state index contributed by atoms with van der Waals surface area (Å²) in [6.07, 6.45) is 1.45. The molecule has 3 rings (SSSR count). The van der Waals surface area contributed by atoms with E-state index in [-0.39, 0.29) is 17.9 Å². The molecule has 2 aromatic carbocycles. The lowest BCUT2D eigenvalue weighted by Gasteiger charge is -2.14. The molecule has 0 aliphatic heterocycles. The zero-order valence-electron chi connectivity index (χ0n) is 18.0. The van der Waals surface area contributed by atoms with Gasteiger partial charge in [0.2, 0.25) is 0 Å². The number of carbonyl (C=O) groups excluding carboxylic acids is 1. The van der Waals surface area contributed by atoms with Gasteiger partial charge in [-0.2, -0.15) is 10.4 Å². The van der Waals surface area contributed by atoms with E-state index in [2.05, 4.69) is 21.0 Å². The Kier molecular flexibility index (Phi) is 7.25. The van der Waals surface area contributed by atoms with Gasteiger partial charge in [-0.15, -0.1) is 0 Å². The van der Waals surface area contributed by atoms with Crippen LogP contribution in [0.1, 0.15) is 27.3 Å². The molecular weight excluding hydrogens is 492 g/mol. The van der Waals surface area contributed by atoms with Crippen molar-refractivity contribution in [1.82, 2.24) is 9.78 Å². The van der Waals surface area contributed by atoms with Gasteiger partial charge in [0.1, 0.15) is 18.2 Å². The number of nitro benzene ring substituents is 1. The number of benzene rings is 2. The zero-order valence-corrected chi connectivity index (χ0v) is 19.6. The van der Waals surface area contributed by atoms with Gasteiger partial charge in [0.25, 0.3) is 11.6 Å². The number of nitro groups is 1. The largest absolute Gasteiger partial charge is 0.493 e. The third-order valence-corrected chi connectivity index (χ3v) is 5.23. The predicted octanol–water partition coefficient (Wildman–Crippen LogP) is 5.01. The Balaban J connectivity index is 1.85. The number of nitrogens with zero attached hydrogens (tertiary/aromatic N) is 4. The SMILES string of the molecule is COc1cc(/C=C(\C#N)C(=O)n2nc(C)cc2C)cc(Br)c1OCc1ccc([N+](=O)[O-])cc1. The minimum atomic E-state index is -0.531. The lowest BCUT2D eigenvalue weighted by Crippen LogP contribution is -2.15. The van der Waals surface area contributed by atoms with Crippen LogP contribution in [0.25, 0.3) is 6.08 Å². The molecule has 0 atom stereocenters. The van der Waals surface area contributed by atoms with Crippen molar-refractivity contribution in [2.45, 2.75) is 20.5 Å². The summed E-state index contributed by atoms with van der Waals surface area (Å²) < 4.78 is 13.0. The number of rotatable bonds is 7. The number of halogens is 1. The second-order valence-electron chi connectivity index (χ2n) is 7.06. The quantitative estimate of drug-likeness (QED) is 0.189. The van der Waals surface area contributed by atoms with E-state index in [0.29, 0.717) is 32.9 Å². The van der Waals surface area contributed by atoms with E-state index in [1.807, 2.05) is 6.07 Å². The number of hydrogen-bond donors (Lipinski definition) is 0. The minimum Gasteiger partial charge on any atom is -0.493 e. The van der Waals surface area contributed by atoms with Gasteiger partial charge in [-0.1, -0.05) is 0 Å². The molecule has 0 spiro atoms. The van der Waals surface area contributed by atoms with Gasteiger partial charge in [0.05, 0.1) is 22.2 Å². The topological polar surface area (TPSA) is 120 Å². The fourth-order valence-electron chi connectivity index (χ4n) is 3.09. The number of nitriles is 1. The summed E-state index contributed by atoms with van der Waals surface area (Å²) in [6.45, 7) is 3.66. The van der Waals surface area contributed by atoms with E-state index in [1.54, 1.807) is 44.2 Å². The minimum absolute atomic E-state index is 0.00281. The van der Waals surface area contributed by atoms with Crippen LogP contribution >= 0.6 is 15.9 Å². The number of carbonyl (C=O) groups is 1. The molecule has 9 nitrogen and oxygen atoms in total. The van der Waals surface area contributed by atoms with Crippen LogP contribution in [0.5, 0.6) is 11.5 Å². The number of allylic oxidation sites excluding steroid dienone is 1. The highest BCUT2D eigenvalue weighted by Gasteiger charge is 2.17. The lowest BCUT2D eigenvalue weighted by atomic mass is 10.1. The molecule has 0 N–H and O–H groups in total. The number of aryl methyl sites for hydroxylation is 2. The van der Waals surface area contributed by atoms with Crippen LogP contribution < -0.4 is 9.47 Å². The monoisotopic (exact) mass is 510 g/mol. The maximum Gasteiger partial charge on any atom is 0.289 e. The van der Waals surface area contributed by atoms with Gasteiger partial charge < -0.3 is 9.47 Å². The molecule has 1 aromatic heterocycles. The van der Waals surface area contributed by atoms with Gasteiger partial charge in [-0.25, -0.2) is 4.68 Å². The molecule has 1 heterocycles. The standard InChI is InChI=1S/C23H19BrN4O5/c1-14-8-15(2)27(26-14)23(29)18(12-25)9-17-10-20(24)22(21(11-17)32-3)33-13-16-4-6-19(7-5-16)28(30)31/h4-11H,13H2,1-3H3/b18-9+. The van der Waals surface area contributed by atoms with Crippen LogP contribution in [-0.2, 0) is 6.61 Å². The number of methoxy groups -OCH3 is 1. The first-order chi connectivity index (χ1) is 15.7. The Bertz CT molecular complexity index is 1290. The summed E-state index contributed by atoms with van der Waals surface area (Å²) in [5.74, 6) is 0.265. The van der Waals surface area contributed by atoms with E-state index in [0.717, 1.165) is 5.56 Å². The zero-order chi connectivity index (χ0) is 24.1. The number of aromatic nitrogens is 2. The molecule has 0 bridgehead atoms. The van der Waals surface area contributed by atoms with Gasteiger partial charge >= 0.3 is 0 Å². The van der Waals surface area contributed by atoms with E-state index in [9.17, 15) is 20.2 Å². The fourth-order valence-corrected chi connectivity index (χ4v) is 3.66. The number of non-ortho nitro benzene ring substituents is 1. The summed E-state index contributed by atoms with van der Waals surface area (Å²) in [5, 5.41) is 24.5. The third-order valence-electron chi connectivity index (χ3n) is 4.65. The first-order valence-corrected chi connectivity index (χ1v) is 10.5. The van der Waals surface area contributed by atoms with Crippen molar-refractivity contribution < 1.29 is 19.2 Å². The lowest BCUT2D eigenvalue weighted by molar-refractivity contribution is -0.384. The van der Waals surface area contributed by atoms with Crippen LogP contribution in [0.4, 0.5) is 5.69 Å². The molecule has 0 amide bonds.